The van der Waals surface area contributed by atoms with Crippen molar-refractivity contribution in [2.24, 2.45) is 5.41 Å². The van der Waals surface area contributed by atoms with Gasteiger partial charge in [-0.3, -0.25) is 4.79 Å². The van der Waals surface area contributed by atoms with E-state index in [1.807, 2.05) is 39.0 Å². The highest BCUT2D eigenvalue weighted by atomic mass is 35.5. The molecule has 1 heterocycles. The summed E-state index contributed by atoms with van der Waals surface area (Å²) in [6, 6.07) is 5.42. The van der Waals surface area contributed by atoms with Crippen LogP contribution in [0.25, 0.3) is 6.08 Å². The third-order valence-corrected chi connectivity index (χ3v) is 2.44. The minimum Gasteiger partial charge on any atom is -0.489 e. The number of benzene rings is 1. The number of ether oxygens (including phenoxy) is 2. The van der Waals surface area contributed by atoms with Crippen LogP contribution in [0, 0.1) is 5.41 Å². The van der Waals surface area contributed by atoms with E-state index in [0.717, 1.165) is 11.3 Å². The first kappa shape index (κ1) is 14.6. The zero-order valence-electron chi connectivity index (χ0n) is 10.7. The Morgan fingerprint density at radius 3 is 2.72 bits per heavy atom. The van der Waals surface area contributed by atoms with Crippen molar-refractivity contribution in [1.82, 2.24) is 0 Å². The molecule has 1 aliphatic rings. The fourth-order valence-corrected chi connectivity index (χ4v) is 1.41. The van der Waals surface area contributed by atoms with E-state index < -0.39 is 5.41 Å². The molecule has 1 aliphatic heterocycles. The molecule has 98 valence electrons. The number of carbonyl (C=O) groups excluding carboxylic acids is 1. The van der Waals surface area contributed by atoms with Gasteiger partial charge in [-0.05, 0) is 39.0 Å². The van der Waals surface area contributed by atoms with E-state index in [4.69, 9.17) is 9.47 Å². The molecule has 1 aromatic rings. The van der Waals surface area contributed by atoms with Gasteiger partial charge < -0.3 is 9.47 Å². The molecular formula is C14H17ClO3. The van der Waals surface area contributed by atoms with Gasteiger partial charge in [-0.25, -0.2) is 0 Å². The predicted molar refractivity (Wildman–Crippen MR) is 73.3 cm³/mol. The molecule has 0 bridgehead atoms. The molecule has 4 heteroatoms. The van der Waals surface area contributed by atoms with Gasteiger partial charge in [0.15, 0.2) is 0 Å². The second kappa shape index (κ2) is 5.44. The van der Waals surface area contributed by atoms with Crippen LogP contribution >= 0.6 is 12.4 Å². The van der Waals surface area contributed by atoms with Crippen molar-refractivity contribution < 1.29 is 14.3 Å². The average molecular weight is 269 g/mol. The Bertz CT molecular complexity index is 472. The zero-order valence-corrected chi connectivity index (χ0v) is 11.5. The Balaban J connectivity index is 0.00000162. The van der Waals surface area contributed by atoms with Gasteiger partial charge in [0.25, 0.3) is 0 Å². The Morgan fingerprint density at radius 1 is 1.33 bits per heavy atom. The number of halogens is 1. The molecule has 0 aromatic heterocycles. The maximum atomic E-state index is 11.7. The molecular weight excluding hydrogens is 252 g/mol. The lowest BCUT2D eigenvalue weighted by molar-refractivity contribution is -0.142. The largest absolute Gasteiger partial charge is 0.489 e. The van der Waals surface area contributed by atoms with E-state index in [1.165, 1.54) is 0 Å². The summed E-state index contributed by atoms with van der Waals surface area (Å²) in [4.78, 5) is 11.7. The first-order valence-corrected chi connectivity index (χ1v) is 5.62. The molecule has 0 aliphatic carbocycles. The van der Waals surface area contributed by atoms with Crippen molar-refractivity contribution in [3.63, 3.8) is 0 Å². The summed E-state index contributed by atoms with van der Waals surface area (Å²) < 4.78 is 10.8. The molecule has 2 rings (SSSR count). The number of hydrogen-bond acceptors (Lipinski definition) is 3. The maximum absolute atomic E-state index is 11.7. The third kappa shape index (κ3) is 3.26. The van der Waals surface area contributed by atoms with E-state index >= 15 is 0 Å². The van der Waals surface area contributed by atoms with Crippen molar-refractivity contribution in [3.05, 3.63) is 29.8 Å². The van der Waals surface area contributed by atoms with Crippen LogP contribution in [0.4, 0.5) is 0 Å². The first-order valence-electron chi connectivity index (χ1n) is 5.62. The standard InChI is InChI=1S/C14H16O3.ClH/c1-14(2,3)13(15)17-11-7-6-10-5-4-8-16-12(10)9-11;/h4-7,9H,8H2,1-3H3;1H. The molecule has 0 unspecified atom stereocenters. The summed E-state index contributed by atoms with van der Waals surface area (Å²) in [5, 5.41) is 0. The highest BCUT2D eigenvalue weighted by Gasteiger charge is 2.24. The lowest BCUT2D eigenvalue weighted by Gasteiger charge is -2.18. The lowest BCUT2D eigenvalue weighted by atomic mass is 9.97. The Morgan fingerprint density at radius 2 is 2.06 bits per heavy atom. The van der Waals surface area contributed by atoms with Crippen LogP contribution in [0.3, 0.4) is 0 Å². The van der Waals surface area contributed by atoms with Gasteiger partial charge >= 0.3 is 5.97 Å². The second-order valence-electron chi connectivity index (χ2n) is 5.05. The topological polar surface area (TPSA) is 35.5 Å². The van der Waals surface area contributed by atoms with Crippen LogP contribution in [-0.4, -0.2) is 12.6 Å². The molecule has 0 saturated carbocycles. The number of carbonyl (C=O) groups is 1. The molecule has 1 aromatic carbocycles. The molecule has 0 fully saturated rings. The highest BCUT2D eigenvalue weighted by molar-refractivity contribution is 5.85. The monoisotopic (exact) mass is 268 g/mol. The fourth-order valence-electron chi connectivity index (χ4n) is 1.41. The molecule has 0 N–H and O–H groups in total. The molecule has 3 nitrogen and oxygen atoms in total. The number of rotatable bonds is 1. The van der Waals surface area contributed by atoms with E-state index in [0.29, 0.717) is 12.4 Å². The van der Waals surface area contributed by atoms with Crippen molar-refractivity contribution in [1.29, 1.82) is 0 Å². The minimum atomic E-state index is -0.503. The van der Waals surface area contributed by atoms with E-state index in [-0.39, 0.29) is 18.4 Å². The SMILES string of the molecule is CC(C)(C)C(=O)Oc1ccc2c(c1)OCC=C2.Cl. The maximum Gasteiger partial charge on any atom is 0.316 e. The molecule has 18 heavy (non-hydrogen) atoms. The number of esters is 1. The predicted octanol–water partition coefficient (Wildman–Crippen LogP) is 3.47. The van der Waals surface area contributed by atoms with Gasteiger partial charge in [0.05, 0.1) is 5.41 Å². The Hall–Kier alpha value is -1.48. The second-order valence-corrected chi connectivity index (χ2v) is 5.05. The molecule has 0 spiro atoms. The van der Waals surface area contributed by atoms with Gasteiger partial charge in [-0.1, -0.05) is 6.08 Å². The van der Waals surface area contributed by atoms with Gasteiger partial charge in [0, 0.05) is 11.6 Å². The molecule has 0 amide bonds. The summed E-state index contributed by atoms with van der Waals surface area (Å²) in [5.41, 5.74) is 0.503. The summed E-state index contributed by atoms with van der Waals surface area (Å²) in [5.74, 6) is 1.04. The smallest absolute Gasteiger partial charge is 0.316 e. The van der Waals surface area contributed by atoms with Crippen LogP contribution in [0.2, 0.25) is 0 Å². The Labute approximate surface area is 113 Å². The summed E-state index contributed by atoms with van der Waals surface area (Å²) in [6.07, 6.45) is 3.94. The molecule has 0 radical (unpaired) electrons. The average Bonchev–Trinajstić information content (AvgIpc) is 2.27. The van der Waals surface area contributed by atoms with Crippen LogP contribution in [0.5, 0.6) is 11.5 Å². The third-order valence-electron chi connectivity index (χ3n) is 2.44. The van der Waals surface area contributed by atoms with Gasteiger partial charge in [-0.2, -0.15) is 0 Å². The van der Waals surface area contributed by atoms with Gasteiger partial charge in [0.2, 0.25) is 0 Å². The van der Waals surface area contributed by atoms with Crippen molar-refractivity contribution in [2.75, 3.05) is 6.61 Å². The summed E-state index contributed by atoms with van der Waals surface area (Å²) >= 11 is 0. The highest BCUT2D eigenvalue weighted by Crippen LogP contribution is 2.29. The van der Waals surface area contributed by atoms with Crippen molar-refractivity contribution in [3.8, 4) is 11.5 Å². The van der Waals surface area contributed by atoms with Crippen LogP contribution in [0.1, 0.15) is 26.3 Å². The van der Waals surface area contributed by atoms with Crippen molar-refractivity contribution >= 4 is 24.5 Å². The zero-order chi connectivity index (χ0) is 12.5. The van der Waals surface area contributed by atoms with E-state index in [2.05, 4.69) is 0 Å². The van der Waals surface area contributed by atoms with E-state index in [9.17, 15) is 4.79 Å². The van der Waals surface area contributed by atoms with Gasteiger partial charge in [-0.15, -0.1) is 12.4 Å². The lowest BCUT2D eigenvalue weighted by Crippen LogP contribution is -2.25. The van der Waals surface area contributed by atoms with Crippen molar-refractivity contribution in [2.45, 2.75) is 20.8 Å². The normalized spacial score (nSPS) is 13.1. The van der Waals surface area contributed by atoms with Crippen LogP contribution in [0.15, 0.2) is 24.3 Å². The fraction of sp³-hybridized carbons (Fsp3) is 0.357. The summed E-state index contributed by atoms with van der Waals surface area (Å²) in [6.45, 7) is 6.04. The number of fused-ring (bicyclic) bond motifs is 1. The van der Waals surface area contributed by atoms with Gasteiger partial charge in [0.1, 0.15) is 18.1 Å². The quantitative estimate of drug-likeness (QED) is 0.578. The Kier molecular flexibility index (Phi) is 4.41. The van der Waals surface area contributed by atoms with Crippen LogP contribution in [-0.2, 0) is 4.79 Å². The van der Waals surface area contributed by atoms with Crippen LogP contribution < -0.4 is 9.47 Å². The first-order chi connectivity index (χ1) is 7.97. The molecule has 0 atom stereocenters. The molecule has 0 saturated heterocycles. The van der Waals surface area contributed by atoms with E-state index in [1.54, 1.807) is 12.1 Å². The number of hydrogen-bond donors (Lipinski definition) is 0. The minimum absolute atomic E-state index is 0. The summed E-state index contributed by atoms with van der Waals surface area (Å²) in [7, 11) is 0.